The minimum Gasteiger partial charge on any atom is -1.00 e. The zero-order valence-corrected chi connectivity index (χ0v) is 7.18. The number of halogens is 2. The predicted octanol–water partition coefficient (Wildman–Crippen LogP) is -5.35. The second kappa shape index (κ2) is 40.4. The largest absolute Gasteiger partial charge is 2.00 e. The maximum absolute atomic E-state index is 2.00. The van der Waals surface area contributed by atoms with Crippen molar-refractivity contribution in [3.63, 3.8) is 0 Å². The van der Waals surface area contributed by atoms with Gasteiger partial charge in [-0.05, 0) is 0 Å². The predicted molar refractivity (Wildman–Crippen MR) is 17.1 cm³/mol. The van der Waals surface area contributed by atoms with E-state index in [1.54, 1.807) is 0 Å². The molecule has 0 aliphatic rings. The van der Waals surface area contributed by atoms with E-state index >= 15 is 0 Å². The van der Waals surface area contributed by atoms with Crippen LogP contribution in [0.2, 0.25) is 0 Å². The summed E-state index contributed by atoms with van der Waals surface area (Å²) in [5.41, 5.74) is 0. The van der Waals surface area contributed by atoms with E-state index in [1.807, 2.05) is 13.8 Å². The van der Waals surface area contributed by atoms with Crippen LogP contribution in [0.15, 0.2) is 0 Å². The SMILES string of the molecule is CC.[Ca+2].[Cl-].[Cl-]. The Labute approximate surface area is 75.5 Å². The molecular weight excluding hydrogens is 135 g/mol. The van der Waals surface area contributed by atoms with Gasteiger partial charge in [0.25, 0.3) is 0 Å². The topological polar surface area (TPSA) is 0 Å². The molecule has 0 amide bonds. The van der Waals surface area contributed by atoms with Crippen molar-refractivity contribution >= 4 is 37.7 Å². The van der Waals surface area contributed by atoms with Crippen molar-refractivity contribution in [2.45, 2.75) is 13.8 Å². The van der Waals surface area contributed by atoms with E-state index in [0.717, 1.165) is 0 Å². The quantitative estimate of drug-likeness (QED) is 0.295. The van der Waals surface area contributed by atoms with Crippen LogP contribution in [0.3, 0.4) is 0 Å². The molecule has 0 aliphatic carbocycles. The monoisotopic (exact) mass is 140 g/mol. The van der Waals surface area contributed by atoms with Gasteiger partial charge in [0.2, 0.25) is 0 Å². The van der Waals surface area contributed by atoms with Gasteiger partial charge < -0.3 is 24.8 Å². The van der Waals surface area contributed by atoms with Crippen LogP contribution < -0.4 is 24.8 Å². The fourth-order valence-electron chi connectivity index (χ4n) is 0. The Balaban J connectivity index is -0.00000000167. The summed E-state index contributed by atoms with van der Waals surface area (Å²) in [5.74, 6) is 0. The summed E-state index contributed by atoms with van der Waals surface area (Å²) in [6.07, 6.45) is 0. The maximum atomic E-state index is 2.00. The average molecular weight is 141 g/mol. The third-order valence-corrected chi connectivity index (χ3v) is 0. The summed E-state index contributed by atoms with van der Waals surface area (Å²) in [4.78, 5) is 0. The molecule has 0 radical (unpaired) electrons. The van der Waals surface area contributed by atoms with Crippen LogP contribution in [0.25, 0.3) is 0 Å². The van der Waals surface area contributed by atoms with Crippen molar-refractivity contribution in [1.29, 1.82) is 0 Å². The first-order valence-corrected chi connectivity index (χ1v) is 1.00. The van der Waals surface area contributed by atoms with Gasteiger partial charge in [0.1, 0.15) is 0 Å². The summed E-state index contributed by atoms with van der Waals surface area (Å²) < 4.78 is 0. The maximum Gasteiger partial charge on any atom is 2.00 e. The molecule has 0 rings (SSSR count). The van der Waals surface area contributed by atoms with Crippen molar-refractivity contribution < 1.29 is 24.8 Å². The normalized spacial score (nSPS) is 1.20. The van der Waals surface area contributed by atoms with Crippen LogP contribution in [0.4, 0.5) is 0 Å². The van der Waals surface area contributed by atoms with Crippen molar-refractivity contribution in [2.24, 2.45) is 0 Å². The minimum absolute atomic E-state index is 0. The molecule has 0 spiro atoms. The molecule has 0 fully saturated rings. The van der Waals surface area contributed by atoms with E-state index in [4.69, 9.17) is 0 Å². The first-order valence-electron chi connectivity index (χ1n) is 1.00. The van der Waals surface area contributed by atoms with Gasteiger partial charge in [-0.2, -0.15) is 0 Å². The molecule has 0 atom stereocenters. The van der Waals surface area contributed by atoms with Gasteiger partial charge in [0.15, 0.2) is 0 Å². The van der Waals surface area contributed by atoms with Crippen molar-refractivity contribution in [1.82, 2.24) is 0 Å². The van der Waals surface area contributed by atoms with Crippen molar-refractivity contribution in [3.8, 4) is 0 Å². The molecule has 0 saturated carbocycles. The van der Waals surface area contributed by atoms with Crippen LogP contribution in [-0.4, -0.2) is 37.7 Å². The molecule has 0 aliphatic heterocycles. The van der Waals surface area contributed by atoms with Gasteiger partial charge in [-0.25, -0.2) is 0 Å². The average Bonchev–Trinajstić information content (AvgIpc) is 1.00. The van der Waals surface area contributed by atoms with Crippen molar-refractivity contribution in [3.05, 3.63) is 0 Å². The number of hydrogen-bond donors (Lipinski definition) is 0. The Hall–Kier alpha value is 1.84. The van der Waals surface area contributed by atoms with Crippen LogP contribution in [0.1, 0.15) is 13.8 Å². The minimum atomic E-state index is 0. The van der Waals surface area contributed by atoms with Crippen LogP contribution >= 0.6 is 0 Å². The molecule has 0 saturated heterocycles. The molecule has 5 heavy (non-hydrogen) atoms. The molecule has 30 valence electrons. The summed E-state index contributed by atoms with van der Waals surface area (Å²) in [6.45, 7) is 4.00. The van der Waals surface area contributed by atoms with E-state index in [9.17, 15) is 0 Å². The van der Waals surface area contributed by atoms with Gasteiger partial charge in [-0.3, -0.25) is 0 Å². The summed E-state index contributed by atoms with van der Waals surface area (Å²) in [6, 6.07) is 0. The zero-order chi connectivity index (χ0) is 2.00. The van der Waals surface area contributed by atoms with E-state index in [1.165, 1.54) is 0 Å². The van der Waals surface area contributed by atoms with E-state index in [-0.39, 0.29) is 62.6 Å². The molecule has 0 aromatic heterocycles. The number of rotatable bonds is 0. The third kappa shape index (κ3) is 25.4. The van der Waals surface area contributed by atoms with Gasteiger partial charge in [-0.1, -0.05) is 13.8 Å². The van der Waals surface area contributed by atoms with E-state index < -0.39 is 0 Å². The Morgan fingerprint density at radius 1 is 0.800 bits per heavy atom. The van der Waals surface area contributed by atoms with Crippen molar-refractivity contribution in [2.75, 3.05) is 0 Å². The second-order valence-corrected chi connectivity index (χ2v) is 0. The summed E-state index contributed by atoms with van der Waals surface area (Å²) in [5, 5.41) is 0. The Morgan fingerprint density at radius 3 is 0.800 bits per heavy atom. The Kier molecular flexibility index (Phi) is 234. The Bertz CT molecular complexity index is 7.61. The fraction of sp³-hybridized carbons (Fsp3) is 1.00. The zero-order valence-electron chi connectivity index (χ0n) is 3.46. The molecule has 0 unspecified atom stereocenters. The first kappa shape index (κ1) is 28.9. The van der Waals surface area contributed by atoms with Gasteiger partial charge >= 0.3 is 37.7 Å². The molecule has 0 heterocycles. The third-order valence-electron chi connectivity index (χ3n) is 0. The van der Waals surface area contributed by atoms with E-state index in [2.05, 4.69) is 0 Å². The first-order chi connectivity index (χ1) is 1.00. The van der Waals surface area contributed by atoms with Crippen LogP contribution in [0, 0.1) is 0 Å². The standard InChI is InChI=1S/C2H6.Ca.2ClH/c1-2;;;/h1-2H3;;2*1H/q;+2;;/p-2. The van der Waals surface area contributed by atoms with Gasteiger partial charge in [0, 0.05) is 0 Å². The summed E-state index contributed by atoms with van der Waals surface area (Å²) >= 11 is 0. The molecule has 3 heteroatoms. The summed E-state index contributed by atoms with van der Waals surface area (Å²) in [7, 11) is 0. The molecule has 0 aromatic rings. The molecule has 0 aromatic carbocycles. The molecule has 0 bridgehead atoms. The fourth-order valence-corrected chi connectivity index (χ4v) is 0. The molecule has 0 N–H and O–H groups in total. The number of hydrogen-bond acceptors (Lipinski definition) is 0. The van der Waals surface area contributed by atoms with Crippen LogP contribution in [0.5, 0.6) is 0 Å². The van der Waals surface area contributed by atoms with Gasteiger partial charge in [-0.15, -0.1) is 0 Å². The molecular formula is C2H6CaCl2. The van der Waals surface area contributed by atoms with Crippen LogP contribution in [-0.2, 0) is 0 Å². The molecule has 0 nitrogen and oxygen atoms in total. The van der Waals surface area contributed by atoms with Gasteiger partial charge in [0.05, 0.1) is 0 Å². The Morgan fingerprint density at radius 2 is 0.800 bits per heavy atom. The van der Waals surface area contributed by atoms with E-state index in [0.29, 0.717) is 0 Å². The smallest absolute Gasteiger partial charge is 1.00 e. The second-order valence-electron chi connectivity index (χ2n) is 0.